The average Bonchev–Trinajstić information content (AvgIpc) is 2.11. The smallest absolute Gasteiger partial charge is 0.0570 e. The molecule has 1 aliphatic rings. The summed E-state index contributed by atoms with van der Waals surface area (Å²) in [5.41, 5.74) is 0. The van der Waals surface area contributed by atoms with Crippen LogP contribution in [0.1, 0.15) is 30.5 Å². The van der Waals surface area contributed by atoms with Crippen molar-refractivity contribution in [2.24, 2.45) is 0 Å². The molecule has 0 saturated heterocycles. The van der Waals surface area contributed by atoms with Gasteiger partial charge < -0.3 is 0 Å². The molecule has 0 bridgehead atoms. The maximum atomic E-state index is 3.94. The summed E-state index contributed by atoms with van der Waals surface area (Å²) < 4.78 is 0. The second-order valence-electron chi connectivity index (χ2n) is 2.52. The lowest BCUT2D eigenvalue weighted by molar-refractivity contribution is 0.425. The molecule has 0 aromatic carbocycles. The van der Waals surface area contributed by atoms with E-state index in [2.05, 4.69) is 9.96 Å². The number of nitrogens with one attached hydrogen (secondary N) is 1. The van der Waals surface area contributed by atoms with E-state index in [0.29, 0.717) is 0 Å². The van der Waals surface area contributed by atoms with E-state index < -0.39 is 0 Å². The number of hydrogen-bond acceptors (Lipinski definition) is 1. The van der Waals surface area contributed by atoms with E-state index in [1.807, 2.05) is 6.20 Å². The van der Waals surface area contributed by atoms with Crippen molar-refractivity contribution in [3.63, 3.8) is 0 Å². The number of H-pyrrole nitrogens is 1. The van der Waals surface area contributed by atoms with Gasteiger partial charge in [0, 0.05) is 13.6 Å². The standard InChI is InChI=1S/C6H9N2P/c1-2-5(3-1)6-4-7-8-9-6/h4-5H,1-3H2,(H,7,8). The van der Waals surface area contributed by atoms with Crippen LogP contribution in [0.3, 0.4) is 0 Å². The zero-order valence-electron chi connectivity index (χ0n) is 5.17. The van der Waals surface area contributed by atoms with Crippen molar-refractivity contribution in [3.8, 4) is 0 Å². The molecule has 0 aliphatic heterocycles. The summed E-state index contributed by atoms with van der Waals surface area (Å²) in [6, 6.07) is 0. The van der Waals surface area contributed by atoms with Crippen molar-refractivity contribution >= 4 is 8.35 Å². The first kappa shape index (κ1) is 5.43. The van der Waals surface area contributed by atoms with Crippen LogP contribution in [0.4, 0.5) is 0 Å². The molecule has 1 aromatic heterocycles. The molecule has 1 N–H and O–H groups in total. The molecule has 9 heavy (non-hydrogen) atoms. The third-order valence-electron chi connectivity index (χ3n) is 1.96. The first-order valence-corrected chi connectivity index (χ1v) is 4.22. The van der Waals surface area contributed by atoms with E-state index in [4.69, 9.17) is 0 Å². The van der Waals surface area contributed by atoms with Crippen LogP contribution in [-0.4, -0.2) is 9.96 Å². The van der Waals surface area contributed by atoms with E-state index in [1.54, 1.807) is 0 Å². The summed E-state index contributed by atoms with van der Waals surface area (Å²) in [7, 11) is 1.23. The quantitative estimate of drug-likeness (QED) is 0.636. The molecule has 1 heterocycles. The van der Waals surface area contributed by atoms with Gasteiger partial charge in [0.15, 0.2) is 0 Å². The van der Waals surface area contributed by atoms with Crippen molar-refractivity contribution in [2.45, 2.75) is 25.2 Å². The van der Waals surface area contributed by atoms with Crippen LogP contribution in [0.5, 0.6) is 0 Å². The van der Waals surface area contributed by atoms with Gasteiger partial charge in [0.1, 0.15) is 0 Å². The Morgan fingerprint density at radius 3 is 3.00 bits per heavy atom. The minimum Gasteiger partial charge on any atom is -0.260 e. The summed E-state index contributed by atoms with van der Waals surface area (Å²) >= 11 is 0. The number of aromatic amines is 1. The molecule has 3 heteroatoms. The fraction of sp³-hybridized carbons (Fsp3) is 0.667. The summed E-state index contributed by atoms with van der Waals surface area (Å²) in [6.07, 6.45) is 6.16. The summed E-state index contributed by atoms with van der Waals surface area (Å²) in [5, 5.41) is 5.43. The van der Waals surface area contributed by atoms with E-state index in [9.17, 15) is 0 Å². The SMILES string of the molecule is c1n[nH]pc1C1CCC1. The third kappa shape index (κ3) is 0.878. The largest absolute Gasteiger partial charge is 0.260 e. The Kier molecular flexibility index (Phi) is 1.27. The second kappa shape index (κ2) is 2.11. The van der Waals surface area contributed by atoms with Gasteiger partial charge in [0.25, 0.3) is 0 Å². The number of hydrogen-bond donors (Lipinski definition) is 1. The summed E-state index contributed by atoms with van der Waals surface area (Å²) in [5.74, 6) is 0.866. The monoisotopic (exact) mass is 140 g/mol. The van der Waals surface area contributed by atoms with Gasteiger partial charge in [-0.1, -0.05) is 6.42 Å². The Bertz CT molecular complexity index is 179. The number of nitrogens with zero attached hydrogens (tertiary/aromatic N) is 1. The fourth-order valence-electron chi connectivity index (χ4n) is 1.11. The molecular weight excluding hydrogens is 131 g/mol. The number of rotatable bonds is 1. The van der Waals surface area contributed by atoms with Crippen molar-refractivity contribution in [3.05, 3.63) is 11.5 Å². The number of aromatic nitrogens is 2. The van der Waals surface area contributed by atoms with Crippen molar-refractivity contribution in [1.29, 1.82) is 0 Å². The lowest BCUT2D eigenvalue weighted by Gasteiger charge is -2.22. The van der Waals surface area contributed by atoms with Crippen LogP contribution < -0.4 is 0 Å². The molecule has 0 unspecified atom stereocenters. The first-order valence-electron chi connectivity index (χ1n) is 3.32. The molecule has 1 saturated carbocycles. The zero-order chi connectivity index (χ0) is 6.10. The molecule has 0 radical (unpaired) electrons. The maximum Gasteiger partial charge on any atom is 0.0570 e. The first-order chi connectivity index (χ1) is 4.47. The van der Waals surface area contributed by atoms with Crippen LogP contribution in [0.15, 0.2) is 6.20 Å². The van der Waals surface area contributed by atoms with Crippen LogP contribution in [0, 0.1) is 0 Å². The van der Waals surface area contributed by atoms with Gasteiger partial charge in [-0.25, -0.2) is 0 Å². The third-order valence-corrected chi connectivity index (χ3v) is 2.91. The van der Waals surface area contributed by atoms with Gasteiger partial charge in [-0.2, -0.15) is 5.10 Å². The zero-order valence-corrected chi connectivity index (χ0v) is 6.06. The van der Waals surface area contributed by atoms with Gasteiger partial charge in [0.05, 0.1) is 6.20 Å². The van der Waals surface area contributed by atoms with Crippen LogP contribution in [0.2, 0.25) is 0 Å². The van der Waals surface area contributed by atoms with Crippen molar-refractivity contribution in [1.82, 2.24) is 9.96 Å². The van der Waals surface area contributed by atoms with Crippen molar-refractivity contribution in [2.75, 3.05) is 0 Å². The molecule has 2 nitrogen and oxygen atoms in total. The highest BCUT2D eigenvalue weighted by Gasteiger charge is 2.20. The maximum absolute atomic E-state index is 3.94. The van der Waals surface area contributed by atoms with Crippen LogP contribution >= 0.6 is 8.35 Å². The Hall–Kier alpha value is -0.360. The van der Waals surface area contributed by atoms with Gasteiger partial charge in [-0.05, 0) is 18.8 Å². The molecule has 48 valence electrons. The average molecular weight is 140 g/mol. The van der Waals surface area contributed by atoms with E-state index in [0.717, 1.165) is 5.92 Å². The fourth-order valence-corrected chi connectivity index (χ4v) is 1.90. The predicted molar refractivity (Wildman–Crippen MR) is 37.7 cm³/mol. The van der Waals surface area contributed by atoms with Crippen LogP contribution in [0.25, 0.3) is 0 Å². The highest BCUT2D eigenvalue weighted by molar-refractivity contribution is 7.26. The van der Waals surface area contributed by atoms with E-state index in [1.165, 1.54) is 32.9 Å². The highest BCUT2D eigenvalue weighted by Crippen LogP contribution is 2.38. The van der Waals surface area contributed by atoms with Gasteiger partial charge >= 0.3 is 0 Å². The molecule has 0 spiro atoms. The van der Waals surface area contributed by atoms with E-state index >= 15 is 0 Å². The Morgan fingerprint density at radius 2 is 2.56 bits per heavy atom. The molecule has 0 amide bonds. The van der Waals surface area contributed by atoms with Crippen molar-refractivity contribution < 1.29 is 0 Å². The molecule has 1 fully saturated rings. The minimum absolute atomic E-state index is 0.866. The predicted octanol–water partition coefficient (Wildman–Crippen LogP) is 2.26. The lowest BCUT2D eigenvalue weighted by Crippen LogP contribution is -2.05. The van der Waals surface area contributed by atoms with Crippen LogP contribution in [-0.2, 0) is 0 Å². The molecule has 2 rings (SSSR count). The second-order valence-corrected chi connectivity index (χ2v) is 3.46. The molecule has 1 aliphatic carbocycles. The normalized spacial score (nSPS) is 20.4. The van der Waals surface area contributed by atoms with Gasteiger partial charge in [-0.15, -0.1) is 0 Å². The summed E-state index contributed by atoms with van der Waals surface area (Å²) in [4.78, 5) is 2.93. The molecule has 0 atom stereocenters. The Labute approximate surface area is 55.8 Å². The topological polar surface area (TPSA) is 28.7 Å². The van der Waals surface area contributed by atoms with E-state index in [-0.39, 0.29) is 0 Å². The highest BCUT2D eigenvalue weighted by atomic mass is 31.0. The molecular formula is C6H9N2P. The van der Waals surface area contributed by atoms with Gasteiger partial charge in [-0.3, -0.25) is 4.86 Å². The minimum atomic E-state index is 0.866. The molecule has 1 aromatic rings. The lowest BCUT2D eigenvalue weighted by atomic mass is 9.85. The van der Waals surface area contributed by atoms with Gasteiger partial charge in [0.2, 0.25) is 0 Å². The summed E-state index contributed by atoms with van der Waals surface area (Å²) in [6.45, 7) is 0. The Morgan fingerprint density at radius 1 is 1.67 bits per heavy atom. The Balaban J connectivity index is 2.14.